The number of benzene rings is 2. The topological polar surface area (TPSA) is 12.0 Å². The number of rotatable bonds is 7. The van der Waals surface area contributed by atoms with Crippen molar-refractivity contribution in [2.24, 2.45) is 0 Å². The molecule has 0 saturated carbocycles. The van der Waals surface area contributed by atoms with Crippen LogP contribution in [0.25, 0.3) is 0 Å². The monoisotopic (exact) mass is 375 g/mol. The van der Waals surface area contributed by atoms with Crippen molar-refractivity contribution < 1.29 is 13.2 Å². The van der Waals surface area contributed by atoms with Gasteiger partial charge in [0.1, 0.15) is 0 Å². The molecular weight excluding hydrogens is 347 g/mol. The molecule has 146 valence electrons. The zero-order chi connectivity index (χ0) is 20.0. The van der Waals surface area contributed by atoms with Gasteiger partial charge in [0, 0.05) is 12.6 Å². The molecule has 0 fully saturated rings. The Morgan fingerprint density at radius 2 is 1.59 bits per heavy atom. The fourth-order valence-corrected chi connectivity index (χ4v) is 3.09. The lowest BCUT2D eigenvalue weighted by Gasteiger charge is -2.21. The highest BCUT2D eigenvalue weighted by Gasteiger charge is 2.29. The van der Waals surface area contributed by atoms with Crippen molar-refractivity contribution in [3.63, 3.8) is 0 Å². The van der Waals surface area contributed by atoms with Gasteiger partial charge in [0.15, 0.2) is 0 Å². The number of halogens is 3. The first-order valence-electron chi connectivity index (χ1n) is 9.26. The van der Waals surface area contributed by atoms with Crippen molar-refractivity contribution >= 4 is 0 Å². The Labute approximate surface area is 160 Å². The quantitative estimate of drug-likeness (QED) is 0.535. The highest BCUT2D eigenvalue weighted by Crippen LogP contribution is 2.29. The lowest BCUT2D eigenvalue weighted by molar-refractivity contribution is -0.137. The number of hydrogen-bond donors (Lipinski definition) is 1. The van der Waals surface area contributed by atoms with Crippen LogP contribution in [0.1, 0.15) is 55.4 Å². The first kappa shape index (κ1) is 21.2. The summed E-state index contributed by atoms with van der Waals surface area (Å²) in [5, 5.41) is 3.48. The summed E-state index contributed by atoms with van der Waals surface area (Å²) in [6, 6.07) is 14.1. The largest absolute Gasteiger partial charge is 0.416 e. The van der Waals surface area contributed by atoms with Crippen LogP contribution in [-0.2, 0) is 12.7 Å². The Bertz CT molecular complexity index is 739. The molecule has 0 heterocycles. The maximum Gasteiger partial charge on any atom is 0.416 e. The summed E-state index contributed by atoms with van der Waals surface area (Å²) in [6.45, 7) is 8.93. The second-order valence-electron chi connectivity index (χ2n) is 7.47. The highest BCUT2D eigenvalue weighted by atomic mass is 19.4. The molecule has 0 aliphatic heterocycles. The van der Waals surface area contributed by atoms with Gasteiger partial charge in [0.25, 0.3) is 0 Å². The van der Waals surface area contributed by atoms with Gasteiger partial charge in [0.2, 0.25) is 0 Å². The van der Waals surface area contributed by atoms with Crippen LogP contribution in [0.5, 0.6) is 0 Å². The summed E-state index contributed by atoms with van der Waals surface area (Å²) in [5.41, 5.74) is 3.99. The van der Waals surface area contributed by atoms with E-state index in [1.165, 1.54) is 16.7 Å². The first-order chi connectivity index (χ1) is 12.6. The van der Waals surface area contributed by atoms with Crippen molar-refractivity contribution in [3.8, 4) is 0 Å². The average molecular weight is 375 g/mol. The van der Waals surface area contributed by atoms with Crippen molar-refractivity contribution in [2.45, 2.75) is 58.8 Å². The highest BCUT2D eigenvalue weighted by molar-refractivity contribution is 5.26. The van der Waals surface area contributed by atoms with Gasteiger partial charge in [-0.1, -0.05) is 60.5 Å². The van der Waals surface area contributed by atoms with Crippen LogP contribution < -0.4 is 5.32 Å². The van der Waals surface area contributed by atoms with E-state index in [0.29, 0.717) is 12.5 Å². The maximum atomic E-state index is 12.7. The lowest BCUT2D eigenvalue weighted by Crippen LogP contribution is -2.28. The van der Waals surface area contributed by atoms with Crippen molar-refractivity contribution in [1.82, 2.24) is 5.32 Å². The number of alkyl halides is 3. The van der Waals surface area contributed by atoms with Gasteiger partial charge in [0.05, 0.1) is 5.56 Å². The SMILES string of the molecule is CC(C)=CC(CC(C)c1ccc(C)cc1)NCc1ccc(C(F)(F)F)cc1. The summed E-state index contributed by atoms with van der Waals surface area (Å²) in [5.74, 6) is 0.381. The molecule has 0 amide bonds. The van der Waals surface area contributed by atoms with E-state index in [-0.39, 0.29) is 6.04 Å². The number of allylic oxidation sites excluding steroid dienone is 1. The molecule has 27 heavy (non-hydrogen) atoms. The van der Waals surface area contributed by atoms with E-state index < -0.39 is 11.7 Å². The Kier molecular flexibility index (Phi) is 7.25. The summed E-state index contributed by atoms with van der Waals surface area (Å²) in [4.78, 5) is 0. The average Bonchev–Trinajstić information content (AvgIpc) is 2.59. The molecule has 2 atom stereocenters. The molecule has 4 heteroatoms. The van der Waals surface area contributed by atoms with Crippen LogP contribution in [0.4, 0.5) is 13.2 Å². The minimum atomic E-state index is -4.29. The number of aryl methyl sites for hydroxylation is 1. The van der Waals surface area contributed by atoms with Gasteiger partial charge < -0.3 is 5.32 Å². The molecule has 0 aromatic heterocycles. The van der Waals surface area contributed by atoms with Gasteiger partial charge in [-0.3, -0.25) is 0 Å². The minimum Gasteiger partial charge on any atom is -0.306 e. The maximum absolute atomic E-state index is 12.7. The van der Waals surface area contributed by atoms with Crippen molar-refractivity contribution in [3.05, 3.63) is 82.4 Å². The third-order valence-corrected chi connectivity index (χ3v) is 4.64. The third-order valence-electron chi connectivity index (χ3n) is 4.64. The van der Waals surface area contributed by atoms with Crippen LogP contribution in [0.3, 0.4) is 0 Å². The van der Waals surface area contributed by atoms with Gasteiger partial charge in [-0.15, -0.1) is 0 Å². The predicted octanol–water partition coefficient (Wildman–Crippen LogP) is 6.63. The van der Waals surface area contributed by atoms with Gasteiger partial charge >= 0.3 is 6.18 Å². The minimum absolute atomic E-state index is 0.161. The lowest BCUT2D eigenvalue weighted by atomic mass is 9.92. The Hall–Kier alpha value is -2.07. The van der Waals surface area contributed by atoms with Gasteiger partial charge in [-0.25, -0.2) is 0 Å². The zero-order valence-corrected chi connectivity index (χ0v) is 16.4. The smallest absolute Gasteiger partial charge is 0.306 e. The van der Waals surface area contributed by atoms with E-state index in [4.69, 9.17) is 0 Å². The zero-order valence-electron chi connectivity index (χ0n) is 16.4. The molecule has 2 aromatic carbocycles. The molecule has 1 nitrogen and oxygen atoms in total. The molecule has 2 unspecified atom stereocenters. The molecule has 0 aliphatic rings. The van der Waals surface area contributed by atoms with Crippen LogP contribution in [0.15, 0.2) is 60.2 Å². The summed E-state index contributed by atoms with van der Waals surface area (Å²) in [7, 11) is 0. The molecular formula is C23H28F3N. The van der Waals surface area contributed by atoms with Crippen LogP contribution in [0.2, 0.25) is 0 Å². The molecule has 2 rings (SSSR count). The van der Waals surface area contributed by atoms with Crippen molar-refractivity contribution in [1.29, 1.82) is 0 Å². The molecule has 0 aliphatic carbocycles. The Morgan fingerprint density at radius 3 is 2.11 bits per heavy atom. The molecule has 0 spiro atoms. The third kappa shape index (κ3) is 6.87. The second-order valence-corrected chi connectivity index (χ2v) is 7.47. The van der Waals surface area contributed by atoms with E-state index in [9.17, 15) is 13.2 Å². The van der Waals surface area contributed by atoms with Crippen molar-refractivity contribution in [2.75, 3.05) is 0 Å². The standard InChI is InChI=1S/C23H28F3N/c1-16(2)13-22(14-18(4)20-9-5-17(3)6-10-20)27-15-19-7-11-21(12-8-19)23(24,25)26/h5-13,18,22,27H,14-15H2,1-4H3. The fourth-order valence-electron chi connectivity index (χ4n) is 3.09. The van der Waals surface area contributed by atoms with Gasteiger partial charge in [-0.2, -0.15) is 13.2 Å². The van der Waals surface area contributed by atoms with Gasteiger partial charge in [-0.05, 0) is 56.4 Å². The van der Waals surface area contributed by atoms with Crippen LogP contribution in [-0.4, -0.2) is 6.04 Å². The van der Waals surface area contributed by atoms with E-state index in [2.05, 4.69) is 63.4 Å². The van der Waals surface area contributed by atoms with Crippen LogP contribution in [0, 0.1) is 6.92 Å². The number of nitrogens with one attached hydrogen (secondary N) is 1. The van der Waals surface area contributed by atoms with E-state index in [0.717, 1.165) is 24.1 Å². The molecule has 0 radical (unpaired) electrons. The summed E-state index contributed by atoms with van der Waals surface area (Å²) >= 11 is 0. The molecule has 0 bridgehead atoms. The van der Waals surface area contributed by atoms with E-state index in [1.807, 2.05) is 0 Å². The molecule has 2 aromatic rings. The Balaban J connectivity index is 2.02. The second kappa shape index (κ2) is 9.23. The summed E-state index contributed by atoms with van der Waals surface area (Å²) in [6.07, 6.45) is -1.18. The number of hydrogen-bond acceptors (Lipinski definition) is 1. The molecule has 0 saturated heterocycles. The Morgan fingerprint density at radius 1 is 1.00 bits per heavy atom. The van der Waals surface area contributed by atoms with Crippen LogP contribution >= 0.6 is 0 Å². The predicted molar refractivity (Wildman–Crippen MR) is 106 cm³/mol. The fraction of sp³-hybridized carbons (Fsp3) is 0.391. The van der Waals surface area contributed by atoms with E-state index in [1.54, 1.807) is 12.1 Å². The normalized spacial score (nSPS) is 13.9. The summed E-state index contributed by atoms with van der Waals surface area (Å²) < 4.78 is 38.0. The van der Waals surface area contributed by atoms with E-state index >= 15 is 0 Å². The molecule has 1 N–H and O–H groups in total. The first-order valence-corrected chi connectivity index (χ1v) is 9.26.